The lowest BCUT2D eigenvalue weighted by atomic mass is 10.2. The molecule has 1 atom stereocenters. The van der Waals surface area contributed by atoms with Gasteiger partial charge in [0.15, 0.2) is 11.6 Å². The topological polar surface area (TPSA) is 76.9 Å². The second kappa shape index (κ2) is 9.01. The first-order valence-corrected chi connectivity index (χ1v) is 11.6. The van der Waals surface area contributed by atoms with Crippen molar-refractivity contribution in [3.63, 3.8) is 0 Å². The maximum atomic E-state index is 13.7. The Bertz CT molecular complexity index is 975. The lowest BCUT2D eigenvalue weighted by Gasteiger charge is -2.33. The fourth-order valence-electron chi connectivity index (χ4n) is 3.85. The summed E-state index contributed by atoms with van der Waals surface area (Å²) in [6, 6.07) is 8.20. The van der Waals surface area contributed by atoms with Crippen LogP contribution in [-0.2, 0) is 28.4 Å². The number of morpholine rings is 1. The molecule has 0 amide bonds. The number of hydrogen-bond acceptors (Lipinski definition) is 5. The molecule has 30 heavy (non-hydrogen) atoms. The van der Waals surface area contributed by atoms with Gasteiger partial charge >= 0.3 is 0 Å². The Labute approximate surface area is 176 Å². The molecule has 1 aromatic heterocycles. The third kappa shape index (κ3) is 4.51. The predicted molar refractivity (Wildman–Crippen MR) is 109 cm³/mol. The van der Waals surface area contributed by atoms with E-state index < -0.39 is 22.1 Å². The second-order valence-corrected chi connectivity index (χ2v) is 9.47. The molecule has 0 saturated carbocycles. The third-order valence-electron chi connectivity index (χ3n) is 5.52. The Balaban J connectivity index is 1.39. The van der Waals surface area contributed by atoms with E-state index in [4.69, 9.17) is 9.47 Å². The molecule has 8 nitrogen and oxygen atoms in total. The second-order valence-electron chi connectivity index (χ2n) is 7.54. The van der Waals surface area contributed by atoms with E-state index in [1.54, 1.807) is 27.2 Å². The van der Waals surface area contributed by atoms with Gasteiger partial charge in [0.25, 0.3) is 10.2 Å². The molecule has 2 saturated heterocycles. The summed E-state index contributed by atoms with van der Waals surface area (Å²) >= 11 is 0. The van der Waals surface area contributed by atoms with Crippen LogP contribution in [0.2, 0.25) is 0 Å². The van der Waals surface area contributed by atoms with Crippen LogP contribution >= 0.6 is 0 Å². The smallest absolute Gasteiger partial charge is 0.282 e. The van der Waals surface area contributed by atoms with Gasteiger partial charge in [-0.3, -0.25) is 4.68 Å². The van der Waals surface area contributed by atoms with Crippen molar-refractivity contribution in [2.45, 2.75) is 25.4 Å². The zero-order chi connectivity index (χ0) is 21.1. The highest BCUT2D eigenvalue weighted by Gasteiger charge is 2.36. The summed E-state index contributed by atoms with van der Waals surface area (Å²) in [5.74, 6) is -0.170. The van der Waals surface area contributed by atoms with Crippen LogP contribution in [0.15, 0.2) is 30.3 Å². The monoisotopic (exact) mass is 438 g/mol. The quantitative estimate of drug-likeness (QED) is 0.660. The number of rotatable bonds is 7. The Morgan fingerprint density at radius 3 is 2.73 bits per heavy atom. The van der Waals surface area contributed by atoms with Crippen molar-refractivity contribution in [3.8, 4) is 5.75 Å². The highest BCUT2D eigenvalue weighted by atomic mass is 32.2. The van der Waals surface area contributed by atoms with Crippen LogP contribution in [0.25, 0.3) is 0 Å². The van der Waals surface area contributed by atoms with Crippen LogP contribution in [0.5, 0.6) is 5.75 Å². The lowest BCUT2D eigenvalue weighted by molar-refractivity contribution is -0.00672. The summed E-state index contributed by atoms with van der Waals surface area (Å²) < 4.78 is 55.5. The molecule has 0 radical (unpaired) electrons. The van der Waals surface area contributed by atoms with Gasteiger partial charge in [0, 0.05) is 45.3 Å². The maximum absolute atomic E-state index is 13.7. The Hall–Kier alpha value is -2.01. The number of nitrogens with zero attached hydrogens (tertiary/aromatic N) is 4. The Kier molecular flexibility index (Phi) is 6.37. The number of halogens is 1. The number of aryl methyl sites for hydroxylation is 1. The predicted octanol–water partition coefficient (Wildman–Crippen LogP) is 1.89. The highest BCUT2D eigenvalue weighted by Crippen LogP contribution is 2.26. The summed E-state index contributed by atoms with van der Waals surface area (Å²) in [5.41, 5.74) is 1.60. The molecule has 2 aromatic rings. The standard InChI is InChI=1S/C20H27FN4O4S/c1-23-16(8-12-28-19-7-3-2-6-17(19)21)14-18(22-23)20-15-25(11-13-29-20)30(26,27)24-9-4-5-10-24/h2-3,6-7,14,20H,4-5,8-13,15H2,1H3. The number of benzene rings is 1. The van der Waals surface area contributed by atoms with Crippen molar-refractivity contribution in [1.82, 2.24) is 18.4 Å². The van der Waals surface area contributed by atoms with Crippen molar-refractivity contribution in [2.24, 2.45) is 7.05 Å². The van der Waals surface area contributed by atoms with E-state index in [9.17, 15) is 12.8 Å². The molecule has 0 bridgehead atoms. The summed E-state index contributed by atoms with van der Waals surface area (Å²) in [6.07, 6.45) is 1.95. The van der Waals surface area contributed by atoms with Crippen molar-refractivity contribution in [2.75, 3.05) is 39.4 Å². The van der Waals surface area contributed by atoms with E-state index in [0.717, 1.165) is 18.5 Å². The first kappa shape index (κ1) is 21.2. The molecular formula is C20H27FN4O4S. The van der Waals surface area contributed by atoms with Gasteiger partial charge in [0.1, 0.15) is 6.10 Å². The fraction of sp³-hybridized carbons (Fsp3) is 0.550. The molecule has 0 N–H and O–H groups in total. The minimum atomic E-state index is -3.46. The van der Waals surface area contributed by atoms with Crippen LogP contribution in [0.1, 0.15) is 30.3 Å². The normalized spacial score (nSPS) is 21.2. The molecule has 2 fully saturated rings. The van der Waals surface area contributed by atoms with Gasteiger partial charge in [-0.2, -0.15) is 22.1 Å². The van der Waals surface area contributed by atoms with Gasteiger partial charge in [-0.15, -0.1) is 0 Å². The Morgan fingerprint density at radius 1 is 1.20 bits per heavy atom. The van der Waals surface area contributed by atoms with Crippen LogP contribution in [0.4, 0.5) is 4.39 Å². The largest absolute Gasteiger partial charge is 0.490 e. The molecule has 0 aliphatic carbocycles. The highest BCUT2D eigenvalue weighted by molar-refractivity contribution is 7.86. The van der Waals surface area contributed by atoms with E-state index in [-0.39, 0.29) is 12.3 Å². The van der Waals surface area contributed by atoms with Crippen LogP contribution < -0.4 is 4.74 Å². The Morgan fingerprint density at radius 2 is 1.97 bits per heavy atom. The van der Waals surface area contributed by atoms with Gasteiger partial charge in [-0.1, -0.05) is 12.1 Å². The molecule has 4 rings (SSSR count). The maximum Gasteiger partial charge on any atom is 0.282 e. The fourth-order valence-corrected chi connectivity index (χ4v) is 5.52. The van der Waals surface area contributed by atoms with Crippen LogP contribution in [0.3, 0.4) is 0 Å². The number of hydrogen-bond donors (Lipinski definition) is 0. The molecule has 2 aliphatic heterocycles. The van der Waals surface area contributed by atoms with E-state index in [1.165, 1.54) is 10.4 Å². The average molecular weight is 439 g/mol. The minimum Gasteiger partial charge on any atom is -0.490 e. The van der Waals surface area contributed by atoms with Gasteiger partial charge in [0.2, 0.25) is 0 Å². The third-order valence-corrected chi connectivity index (χ3v) is 7.53. The van der Waals surface area contributed by atoms with Gasteiger partial charge in [-0.05, 0) is 31.0 Å². The van der Waals surface area contributed by atoms with Crippen LogP contribution in [-0.4, -0.2) is 66.2 Å². The molecular weight excluding hydrogens is 411 g/mol. The zero-order valence-corrected chi connectivity index (χ0v) is 17.9. The average Bonchev–Trinajstić information content (AvgIpc) is 3.41. The van der Waals surface area contributed by atoms with Crippen molar-refractivity contribution in [1.29, 1.82) is 0 Å². The molecule has 0 spiro atoms. The van der Waals surface area contributed by atoms with E-state index in [2.05, 4.69) is 5.10 Å². The summed E-state index contributed by atoms with van der Waals surface area (Å²) in [4.78, 5) is 0. The summed E-state index contributed by atoms with van der Waals surface area (Å²) in [5, 5.41) is 4.52. The number of para-hydroxylation sites is 1. The SMILES string of the molecule is Cn1nc(C2CN(S(=O)(=O)N3CCCC3)CCO2)cc1CCOc1ccccc1F. The van der Waals surface area contributed by atoms with E-state index >= 15 is 0 Å². The summed E-state index contributed by atoms with van der Waals surface area (Å²) in [7, 11) is -1.64. The number of aromatic nitrogens is 2. The van der Waals surface area contributed by atoms with E-state index in [1.807, 2.05) is 13.1 Å². The molecule has 2 aliphatic rings. The summed E-state index contributed by atoms with van der Waals surface area (Å²) in [6.45, 7) is 2.41. The molecule has 10 heteroatoms. The van der Waals surface area contributed by atoms with E-state index in [0.29, 0.717) is 45.0 Å². The first-order chi connectivity index (χ1) is 14.4. The van der Waals surface area contributed by atoms with Gasteiger partial charge in [-0.25, -0.2) is 4.39 Å². The van der Waals surface area contributed by atoms with Crippen LogP contribution in [0, 0.1) is 5.82 Å². The zero-order valence-electron chi connectivity index (χ0n) is 17.0. The molecule has 164 valence electrons. The first-order valence-electron chi connectivity index (χ1n) is 10.2. The van der Waals surface area contributed by atoms with Crippen molar-refractivity contribution >= 4 is 10.2 Å². The van der Waals surface area contributed by atoms with Crippen molar-refractivity contribution in [3.05, 3.63) is 47.5 Å². The molecule has 3 heterocycles. The lowest BCUT2D eigenvalue weighted by Crippen LogP contribution is -2.48. The van der Waals surface area contributed by atoms with Crippen molar-refractivity contribution < 1.29 is 22.3 Å². The van der Waals surface area contributed by atoms with Gasteiger partial charge in [0.05, 0.1) is 18.9 Å². The minimum absolute atomic E-state index is 0.221. The molecule has 1 aromatic carbocycles. The molecule has 1 unspecified atom stereocenters. The number of ether oxygens (including phenoxy) is 2. The van der Waals surface area contributed by atoms with Gasteiger partial charge < -0.3 is 9.47 Å².